The van der Waals surface area contributed by atoms with Gasteiger partial charge in [0.2, 0.25) is 0 Å². The lowest BCUT2D eigenvalue weighted by atomic mass is 9.67. The van der Waals surface area contributed by atoms with Crippen molar-refractivity contribution in [2.24, 2.45) is 23.7 Å². The van der Waals surface area contributed by atoms with E-state index in [1.807, 2.05) is 0 Å². The molecule has 4 rings (SSSR count). The predicted octanol–water partition coefficient (Wildman–Crippen LogP) is 6.53. The minimum Gasteiger partial charge on any atom is -0.385 e. The van der Waals surface area contributed by atoms with Crippen molar-refractivity contribution < 1.29 is 5.11 Å². The molecule has 2 aromatic carbocycles. The Balaban J connectivity index is 1.71. The van der Waals surface area contributed by atoms with Crippen LogP contribution in [0.3, 0.4) is 0 Å². The third kappa shape index (κ3) is 3.92. The van der Waals surface area contributed by atoms with Crippen molar-refractivity contribution in [1.29, 1.82) is 0 Å². The van der Waals surface area contributed by atoms with Crippen molar-refractivity contribution in [1.82, 2.24) is 0 Å². The summed E-state index contributed by atoms with van der Waals surface area (Å²) in [5.74, 6) is 2.72. The van der Waals surface area contributed by atoms with E-state index in [0.717, 1.165) is 30.2 Å². The number of hydrogen-bond donors (Lipinski definition) is 1. The van der Waals surface area contributed by atoms with Crippen LogP contribution >= 0.6 is 0 Å². The molecule has 0 amide bonds. The van der Waals surface area contributed by atoms with E-state index in [-0.39, 0.29) is 0 Å². The summed E-state index contributed by atoms with van der Waals surface area (Å²) in [5.41, 5.74) is 2.94. The summed E-state index contributed by atoms with van der Waals surface area (Å²) in [7, 11) is 0. The Morgan fingerprint density at radius 1 is 0.786 bits per heavy atom. The highest BCUT2D eigenvalue weighted by Crippen LogP contribution is 2.50. The zero-order valence-corrected chi connectivity index (χ0v) is 17.6. The maximum absolute atomic E-state index is 12.3. The first kappa shape index (κ1) is 19.7. The minimum atomic E-state index is -0.770. The van der Waals surface area contributed by atoms with Gasteiger partial charge in [0.1, 0.15) is 0 Å². The Morgan fingerprint density at radius 2 is 1.43 bits per heavy atom. The molecule has 0 saturated heterocycles. The summed E-state index contributed by atoms with van der Waals surface area (Å²) < 4.78 is 0. The van der Waals surface area contributed by atoms with Crippen molar-refractivity contribution in [3.05, 3.63) is 71.3 Å². The Labute approximate surface area is 171 Å². The van der Waals surface area contributed by atoms with Gasteiger partial charge in [-0.15, -0.1) is 0 Å². The van der Waals surface area contributed by atoms with Gasteiger partial charge in [-0.3, -0.25) is 0 Å². The zero-order chi connectivity index (χ0) is 19.6. The molecular weight excluding hydrogens is 340 g/mol. The van der Waals surface area contributed by atoms with Gasteiger partial charge in [0.15, 0.2) is 0 Å². The molecule has 0 spiro atoms. The highest BCUT2D eigenvalue weighted by molar-refractivity contribution is 5.31. The number of aliphatic hydroxyl groups is 1. The van der Waals surface area contributed by atoms with Crippen LogP contribution in [0.5, 0.6) is 0 Å². The molecule has 2 fully saturated rings. The fraction of sp³-hybridized carbons (Fsp3) is 0.556. The van der Waals surface area contributed by atoms with Crippen molar-refractivity contribution in [3.8, 4) is 0 Å². The van der Waals surface area contributed by atoms with Gasteiger partial charge in [-0.2, -0.15) is 0 Å². The molecule has 2 saturated carbocycles. The van der Waals surface area contributed by atoms with E-state index in [1.165, 1.54) is 49.7 Å². The molecule has 2 bridgehead atoms. The third-order valence-electron chi connectivity index (χ3n) is 7.92. The lowest BCUT2D eigenvalue weighted by Crippen LogP contribution is -2.41. The second kappa shape index (κ2) is 8.41. The smallest absolute Gasteiger partial charge is 0.0967 e. The van der Waals surface area contributed by atoms with Crippen molar-refractivity contribution >= 4 is 0 Å². The molecule has 2 aromatic rings. The lowest BCUT2D eigenvalue weighted by molar-refractivity contribution is -0.0563. The van der Waals surface area contributed by atoms with Crippen molar-refractivity contribution in [2.75, 3.05) is 0 Å². The molecule has 0 radical (unpaired) electrons. The molecule has 5 unspecified atom stereocenters. The second-order valence-electron chi connectivity index (χ2n) is 9.47. The minimum absolute atomic E-state index is 0.359. The van der Waals surface area contributed by atoms with Crippen LogP contribution in [-0.2, 0) is 18.4 Å². The Kier molecular flexibility index (Phi) is 5.92. The van der Waals surface area contributed by atoms with E-state index in [4.69, 9.17) is 0 Å². The quantitative estimate of drug-likeness (QED) is 0.629. The summed E-state index contributed by atoms with van der Waals surface area (Å²) in [4.78, 5) is 0. The first-order valence-corrected chi connectivity index (χ1v) is 11.5. The maximum atomic E-state index is 12.3. The molecule has 0 heterocycles. The van der Waals surface area contributed by atoms with Crippen LogP contribution < -0.4 is 0 Å². The van der Waals surface area contributed by atoms with E-state index in [1.54, 1.807) is 0 Å². The molecule has 1 nitrogen and oxygen atoms in total. The van der Waals surface area contributed by atoms with Crippen LogP contribution in [0.25, 0.3) is 0 Å². The van der Waals surface area contributed by atoms with Gasteiger partial charge in [-0.05, 0) is 78.9 Å². The van der Waals surface area contributed by atoms with Crippen LogP contribution in [0.15, 0.2) is 54.6 Å². The monoisotopic (exact) mass is 376 g/mol. The highest BCUT2D eigenvalue weighted by atomic mass is 16.3. The van der Waals surface area contributed by atoms with Gasteiger partial charge in [-0.1, -0.05) is 74.9 Å². The first-order valence-electron chi connectivity index (χ1n) is 11.5. The number of hydrogen-bond acceptors (Lipinski definition) is 1. The fourth-order valence-corrected chi connectivity index (χ4v) is 6.04. The summed E-state index contributed by atoms with van der Waals surface area (Å²) in [6.45, 7) is 4.65. The molecule has 0 aliphatic heterocycles. The largest absolute Gasteiger partial charge is 0.385 e. The van der Waals surface area contributed by atoms with E-state index < -0.39 is 5.60 Å². The number of benzene rings is 2. The lowest BCUT2D eigenvalue weighted by Gasteiger charge is -2.42. The van der Waals surface area contributed by atoms with Crippen LogP contribution in [-0.4, -0.2) is 5.11 Å². The van der Waals surface area contributed by atoms with Crippen LogP contribution in [0.1, 0.15) is 69.1 Å². The topological polar surface area (TPSA) is 20.2 Å². The summed E-state index contributed by atoms with van der Waals surface area (Å²) in [6, 6.07) is 19.5. The van der Waals surface area contributed by atoms with Crippen LogP contribution in [0, 0.1) is 23.7 Å². The molecule has 150 valence electrons. The number of rotatable bonds is 5. The van der Waals surface area contributed by atoms with Crippen LogP contribution in [0.2, 0.25) is 0 Å². The van der Waals surface area contributed by atoms with Gasteiger partial charge < -0.3 is 5.11 Å². The van der Waals surface area contributed by atoms with E-state index in [2.05, 4.69) is 68.4 Å². The molecule has 1 heteroatoms. The average molecular weight is 377 g/mol. The first-order chi connectivity index (χ1) is 13.6. The molecule has 28 heavy (non-hydrogen) atoms. The van der Waals surface area contributed by atoms with Gasteiger partial charge in [-0.25, -0.2) is 0 Å². The SMILES string of the molecule is CCc1ccc(C(O)(Cc2ccccc2)C2CCC3CCC2CCC3C)cc1. The normalized spacial score (nSPS) is 29.7. The van der Waals surface area contributed by atoms with Crippen LogP contribution in [0.4, 0.5) is 0 Å². The Hall–Kier alpha value is -1.60. The van der Waals surface area contributed by atoms with Gasteiger partial charge in [0, 0.05) is 6.42 Å². The van der Waals surface area contributed by atoms with Gasteiger partial charge in [0.25, 0.3) is 0 Å². The van der Waals surface area contributed by atoms with Gasteiger partial charge >= 0.3 is 0 Å². The maximum Gasteiger partial charge on any atom is 0.0967 e. The average Bonchev–Trinajstić information content (AvgIpc) is 3.05. The zero-order valence-electron chi connectivity index (χ0n) is 17.6. The summed E-state index contributed by atoms with van der Waals surface area (Å²) >= 11 is 0. The molecule has 2 aliphatic rings. The number of fused-ring (bicyclic) bond motifs is 3. The molecule has 1 N–H and O–H groups in total. The van der Waals surface area contributed by atoms with Gasteiger partial charge in [0.05, 0.1) is 5.60 Å². The predicted molar refractivity (Wildman–Crippen MR) is 117 cm³/mol. The molecular formula is C27H36O. The Bertz CT molecular complexity index is 748. The standard InChI is InChI=1S/C27H36O/c1-3-21-10-16-25(17-11-21)27(28,19-22-7-5-4-6-8-22)26-18-15-23-13-14-24(26)12-9-20(23)2/h4-8,10-11,16-17,20,23-24,26,28H,3,9,12-15,18-19H2,1-2H3. The van der Waals surface area contributed by atoms with E-state index in [9.17, 15) is 5.11 Å². The molecule has 5 atom stereocenters. The third-order valence-corrected chi connectivity index (χ3v) is 7.92. The summed E-state index contributed by atoms with van der Waals surface area (Å²) in [5, 5.41) is 12.3. The van der Waals surface area contributed by atoms with E-state index in [0.29, 0.717) is 11.8 Å². The number of aryl methyl sites for hydroxylation is 1. The Morgan fingerprint density at radius 3 is 2.14 bits per heavy atom. The van der Waals surface area contributed by atoms with Crippen molar-refractivity contribution in [2.45, 2.75) is 70.8 Å². The fourth-order valence-electron chi connectivity index (χ4n) is 6.04. The second-order valence-corrected chi connectivity index (χ2v) is 9.47. The molecule has 0 aromatic heterocycles. The van der Waals surface area contributed by atoms with Crippen molar-refractivity contribution in [3.63, 3.8) is 0 Å². The summed E-state index contributed by atoms with van der Waals surface area (Å²) in [6.07, 6.45) is 9.49. The van der Waals surface area contributed by atoms with E-state index >= 15 is 0 Å². The molecule has 2 aliphatic carbocycles. The highest BCUT2D eigenvalue weighted by Gasteiger charge is 2.45.